The highest BCUT2D eigenvalue weighted by Crippen LogP contribution is 2.44. The van der Waals surface area contributed by atoms with Crippen molar-refractivity contribution in [2.24, 2.45) is 11.8 Å². The number of rotatable bonds is 5. The van der Waals surface area contributed by atoms with Crippen LogP contribution in [0.4, 0.5) is 13.2 Å². The zero-order valence-corrected chi connectivity index (χ0v) is 13.3. The molecule has 1 N–H and O–H groups in total. The fourth-order valence-electron chi connectivity index (χ4n) is 3.27. The van der Waals surface area contributed by atoms with Crippen LogP contribution < -0.4 is 5.32 Å². The Labute approximate surface area is 132 Å². The molecule has 10 heteroatoms. The van der Waals surface area contributed by atoms with Crippen molar-refractivity contribution in [3.8, 4) is 0 Å². The molecule has 6 nitrogen and oxygen atoms in total. The molecule has 0 radical (unpaired) electrons. The van der Waals surface area contributed by atoms with Gasteiger partial charge in [-0.2, -0.15) is 17.5 Å². The predicted octanol–water partition coefficient (Wildman–Crippen LogP) is 0.843. The van der Waals surface area contributed by atoms with Gasteiger partial charge in [-0.3, -0.25) is 4.79 Å². The SMILES string of the molecule is O=C(NCC[C@@H]1CCOC12CN(S(=O)(=O)C(F)(F)F)C2)C1CC1. The molecular formula is C13H19F3N2O4S. The number of carbonyl (C=O) groups is 1. The quantitative estimate of drug-likeness (QED) is 0.792. The largest absolute Gasteiger partial charge is 0.511 e. The third-order valence-corrected chi connectivity index (χ3v) is 6.38. The van der Waals surface area contributed by atoms with Gasteiger partial charge >= 0.3 is 15.5 Å². The fourth-order valence-corrected chi connectivity index (χ4v) is 4.34. The Morgan fingerprint density at radius 3 is 2.48 bits per heavy atom. The average molecular weight is 356 g/mol. The Hall–Kier alpha value is -0.870. The summed E-state index contributed by atoms with van der Waals surface area (Å²) in [4.78, 5) is 11.6. The molecule has 1 aliphatic carbocycles. The summed E-state index contributed by atoms with van der Waals surface area (Å²) in [6.07, 6.45) is 3.07. The Morgan fingerprint density at radius 1 is 1.26 bits per heavy atom. The van der Waals surface area contributed by atoms with E-state index in [2.05, 4.69) is 5.32 Å². The minimum atomic E-state index is -5.28. The normalized spacial score (nSPS) is 27.9. The van der Waals surface area contributed by atoms with Crippen molar-refractivity contribution in [2.75, 3.05) is 26.2 Å². The molecule has 132 valence electrons. The van der Waals surface area contributed by atoms with Gasteiger partial charge in [-0.15, -0.1) is 0 Å². The second-order valence-electron chi connectivity index (χ2n) is 6.47. The zero-order chi connectivity index (χ0) is 16.9. The second-order valence-corrected chi connectivity index (χ2v) is 8.40. The van der Waals surface area contributed by atoms with Crippen LogP contribution >= 0.6 is 0 Å². The second kappa shape index (κ2) is 5.59. The highest BCUT2D eigenvalue weighted by atomic mass is 32.2. The lowest BCUT2D eigenvalue weighted by Gasteiger charge is -2.49. The van der Waals surface area contributed by atoms with Crippen molar-refractivity contribution < 1.29 is 31.1 Å². The maximum Gasteiger partial charge on any atom is 0.511 e. The van der Waals surface area contributed by atoms with E-state index in [9.17, 15) is 26.4 Å². The Kier molecular flexibility index (Phi) is 4.13. The summed E-state index contributed by atoms with van der Waals surface area (Å²) in [6, 6.07) is 0. The molecule has 23 heavy (non-hydrogen) atoms. The molecule has 1 amide bonds. The van der Waals surface area contributed by atoms with Gasteiger partial charge in [-0.05, 0) is 31.6 Å². The van der Waals surface area contributed by atoms with E-state index in [0.29, 0.717) is 30.3 Å². The Bertz CT molecular complexity index is 583. The summed E-state index contributed by atoms with van der Waals surface area (Å²) in [5.41, 5.74) is -6.11. The molecule has 2 heterocycles. The van der Waals surface area contributed by atoms with Crippen molar-refractivity contribution in [3.63, 3.8) is 0 Å². The lowest BCUT2D eigenvalue weighted by molar-refractivity contribution is -0.123. The number of amides is 1. The van der Waals surface area contributed by atoms with Gasteiger partial charge in [0.1, 0.15) is 0 Å². The smallest absolute Gasteiger partial charge is 0.372 e. The van der Waals surface area contributed by atoms with Gasteiger partial charge in [-0.1, -0.05) is 0 Å². The summed E-state index contributed by atoms with van der Waals surface area (Å²) in [7, 11) is -5.28. The number of nitrogens with zero attached hydrogens (tertiary/aromatic N) is 1. The first kappa shape index (κ1) is 17.0. The maximum atomic E-state index is 12.5. The molecule has 3 aliphatic rings. The van der Waals surface area contributed by atoms with Crippen molar-refractivity contribution in [2.45, 2.75) is 36.8 Å². The van der Waals surface area contributed by atoms with E-state index >= 15 is 0 Å². The van der Waals surface area contributed by atoms with E-state index in [1.54, 1.807) is 0 Å². The molecule has 1 spiro atoms. The van der Waals surface area contributed by atoms with Crippen LogP contribution in [0.2, 0.25) is 0 Å². The van der Waals surface area contributed by atoms with Crippen LogP contribution in [0.3, 0.4) is 0 Å². The number of halogens is 3. The topological polar surface area (TPSA) is 75.7 Å². The monoisotopic (exact) mass is 356 g/mol. The van der Waals surface area contributed by atoms with Crippen molar-refractivity contribution in [3.05, 3.63) is 0 Å². The van der Waals surface area contributed by atoms with Crippen molar-refractivity contribution in [1.29, 1.82) is 0 Å². The van der Waals surface area contributed by atoms with Crippen LogP contribution in [0, 0.1) is 11.8 Å². The maximum absolute atomic E-state index is 12.5. The molecule has 3 rings (SSSR count). The van der Waals surface area contributed by atoms with E-state index in [0.717, 1.165) is 12.8 Å². The van der Waals surface area contributed by atoms with Crippen LogP contribution in [0.1, 0.15) is 25.7 Å². The number of carbonyl (C=O) groups excluding carboxylic acids is 1. The van der Waals surface area contributed by atoms with Crippen molar-refractivity contribution in [1.82, 2.24) is 9.62 Å². The van der Waals surface area contributed by atoms with Gasteiger partial charge in [-0.25, -0.2) is 8.42 Å². The minimum absolute atomic E-state index is 0.0212. The first-order valence-corrected chi connectivity index (χ1v) is 9.08. The third kappa shape index (κ3) is 3.08. The molecule has 0 unspecified atom stereocenters. The van der Waals surface area contributed by atoms with E-state index < -0.39 is 21.1 Å². The molecule has 1 saturated carbocycles. The number of hydrogen-bond acceptors (Lipinski definition) is 4. The number of alkyl halides is 3. The van der Waals surface area contributed by atoms with Crippen LogP contribution in [-0.2, 0) is 19.6 Å². The van der Waals surface area contributed by atoms with E-state index in [4.69, 9.17) is 4.74 Å². The zero-order valence-electron chi connectivity index (χ0n) is 12.4. The summed E-state index contributed by atoms with van der Waals surface area (Å²) >= 11 is 0. The average Bonchev–Trinajstić information content (AvgIpc) is 3.16. The van der Waals surface area contributed by atoms with Crippen LogP contribution in [-0.4, -0.2) is 56.0 Å². The minimum Gasteiger partial charge on any atom is -0.372 e. The highest BCUT2D eigenvalue weighted by molar-refractivity contribution is 7.90. The van der Waals surface area contributed by atoms with Gasteiger partial charge in [0.2, 0.25) is 5.91 Å². The lowest BCUT2D eigenvalue weighted by atomic mass is 9.80. The standard InChI is InChI=1S/C13H19F3N2O4S/c14-13(15,16)23(20,21)18-7-12(8-18)10(4-6-22-12)3-5-17-11(19)9-1-2-9/h9-10H,1-8H2,(H,17,19)/t10-/m1/s1. The number of sulfonamides is 1. The summed E-state index contributed by atoms with van der Waals surface area (Å²) in [6.45, 7) is 0.310. The summed E-state index contributed by atoms with van der Waals surface area (Å²) in [5, 5.41) is 2.82. The van der Waals surface area contributed by atoms with Crippen molar-refractivity contribution >= 4 is 15.9 Å². The molecule has 2 aliphatic heterocycles. The molecule has 0 aromatic carbocycles. The van der Waals surface area contributed by atoms with Gasteiger partial charge in [0.25, 0.3) is 0 Å². The molecule has 1 atom stereocenters. The van der Waals surface area contributed by atoms with Gasteiger partial charge < -0.3 is 10.1 Å². The molecule has 0 aromatic rings. The third-order valence-electron chi connectivity index (χ3n) is 4.86. The molecule has 0 aromatic heterocycles. The van der Waals surface area contributed by atoms with Gasteiger partial charge in [0, 0.05) is 32.2 Å². The Morgan fingerprint density at radius 2 is 1.91 bits per heavy atom. The number of nitrogens with one attached hydrogen (secondary N) is 1. The summed E-state index contributed by atoms with van der Waals surface area (Å²) < 4.78 is 66.3. The summed E-state index contributed by atoms with van der Waals surface area (Å²) in [5.74, 6) is 0.0921. The molecule has 3 fully saturated rings. The van der Waals surface area contributed by atoms with Crippen LogP contribution in [0.5, 0.6) is 0 Å². The predicted molar refractivity (Wildman–Crippen MR) is 73.7 cm³/mol. The van der Waals surface area contributed by atoms with Gasteiger partial charge in [0.15, 0.2) is 0 Å². The highest BCUT2D eigenvalue weighted by Gasteiger charge is 2.61. The Balaban J connectivity index is 1.53. The number of hydrogen-bond donors (Lipinski definition) is 1. The first-order valence-electron chi connectivity index (χ1n) is 7.64. The molecule has 0 bridgehead atoms. The van der Waals surface area contributed by atoms with Crippen LogP contribution in [0.15, 0.2) is 0 Å². The fraction of sp³-hybridized carbons (Fsp3) is 0.923. The number of ether oxygens (including phenoxy) is 1. The van der Waals surface area contributed by atoms with E-state index in [1.807, 2.05) is 0 Å². The lowest BCUT2D eigenvalue weighted by Crippen LogP contribution is -2.67. The van der Waals surface area contributed by atoms with Gasteiger partial charge in [0.05, 0.1) is 5.60 Å². The first-order chi connectivity index (χ1) is 10.7. The van der Waals surface area contributed by atoms with E-state index in [1.165, 1.54) is 0 Å². The molecule has 2 saturated heterocycles. The van der Waals surface area contributed by atoms with Crippen LogP contribution in [0.25, 0.3) is 0 Å². The van der Waals surface area contributed by atoms with E-state index in [-0.39, 0.29) is 30.8 Å². The molecular weight excluding hydrogens is 337 g/mol.